The number of halogens is 3. The fraction of sp³-hybridized carbons (Fsp3) is 0.450. The number of amides is 1. The lowest BCUT2D eigenvalue weighted by molar-refractivity contribution is -0.141. The highest BCUT2D eigenvalue weighted by molar-refractivity contribution is 7.99. The van der Waals surface area contributed by atoms with Crippen LogP contribution in [0.15, 0.2) is 41.7 Å². The highest BCUT2D eigenvalue weighted by Crippen LogP contribution is 2.36. The van der Waals surface area contributed by atoms with E-state index in [-0.39, 0.29) is 24.1 Å². The van der Waals surface area contributed by atoms with Gasteiger partial charge < -0.3 is 5.32 Å². The van der Waals surface area contributed by atoms with Crippen LogP contribution in [0.3, 0.4) is 0 Å². The molecule has 2 heterocycles. The molecule has 0 atom stereocenters. The quantitative estimate of drug-likeness (QED) is 0.746. The Balaban J connectivity index is 1.70. The fourth-order valence-electron chi connectivity index (χ4n) is 3.15. The summed E-state index contributed by atoms with van der Waals surface area (Å²) in [5.41, 5.74) is 0.502. The number of rotatable bonds is 6. The second-order valence-electron chi connectivity index (χ2n) is 6.85. The molecule has 1 amide bonds. The summed E-state index contributed by atoms with van der Waals surface area (Å²) in [5, 5.41) is 3.42. The Morgan fingerprint density at radius 2 is 1.96 bits per heavy atom. The van der Waals surface area contributed by atoms with E-state index < -0.39 is 11.9 Å². The van der Waals surface area contributed by atoms with Gasteiger partial charge in [-0.3, -0.25) is 9.78 Å². The van der Waals surface area contributed by atoms with Crippen LogP contribution in [0.25, 0.3) is 0 Å². The summed E-state index contributed by atoms with van der Waals surface area (Å²) in [4.78, 5) is 20.0. The van der Waals surface area contributed by atoms with Gasteiger partial charge in [-0.05, 0) is 30.5 Å². The molecule has 0 unspecified atom stereocenters. The molecule has 0 saturated heterocycles. The molecule has 1 fully saturated rings. The SMILES string of the molecule is O=C(Cc1cccnc1)NCc1ccc(C(F)(F)F)nc1SC1CCCCC1. The molecular formula is C20H22F3N3OS. The predicted molar refractivity (Wildman–Crippen MR) is 102 cm³/mol. The molecule has 1 aliphatic rings. The summed E-state index contributed by atoms with van der Waals surface area (Å²) in [5.74, 6) is -0.207. The number of thioether (sulfide) groups is 1. The molecule has 0 spiro atoms. The number of hydrogen-bond donors (Lipinski definition) is 1. The van der Waals surface area contributed by atoms with E-state index in [0.29, 0.717) is 10.6 Å². The van der Waals surface area contributed by atoms with Crippen LogP contribution in [0, 0.1) is 0 Å². The van der Waals surface area contributed by atoms with E-state index in [2.05, 4.69) is 15.3 Å². The molecule has 0 aromatic carbocycles. The zero-order chi connectivity index (χ0) is 20.0. The fourth-order valence-corrected chi connectivity index (χ4v) is 4.48. The minimum atomic E-state index is -4.48. The molecule has 2 aromatic heterocycles. The van der Waals surface area contributed by atoms with E-state index >= 15 is 0 Å². The number of aromatic nitrogens is 2. The molecule has 0 aliphatic heterocycles. The second-order valence-corrected chi connectivity index (χ2v) is 8.14. The average Bonchev–Trinajstić information content (AvgIpc) is 2.68. The second kappa shape index (κ2) is 9.41. The standard InChI is InChI=1S/C20H22F3N3OS/c21-20(22,23)17-9-8-15(19(26-17)28-16-6-2-1-3-7-16)13-25-18(27)11-14-5-4-10-24-12-14/h4-5,8-10,12,16H,1-3,6-7,11,13H2,(H,25,27). The predicted octanol–water partition coefficient (Wildman–Crippen LogP) is 4.78. The largest absolute Gasteiger partial charge is 0.433 e. The summed E-state index contributed by atoms with van der Waals surface area (Å²) < 4.78 is 39.3. The third-order valence-electron chi connectivity index (χ3n) is 4.62. The minimum Gasteiger partial charge on any atom is -0.352 e. The van der Waals surface area contributed by atoms with Crippen LogP contribution in [0.2, 0.25) is 0 Å². The van der Waals surface area contributed by atoms with Crippen molar-refractivity contribution < 1.29 is 18.0 Å². The minimum absolute atomic E-state index is 0.152. The molecule has 1 aliphatic carbocycles. The Labute approximate surface area is 166 Å². The van der Waals surface area contributed by atoms with E-state index in [1.54, 1.807) is 24.5 Å². The molecule has 1 N–H and O–H groups in total. The van der Waals surface area contributed by atoms with Crippen molar-refractivity contribution in [1.29, 1.82) is 0 Å². The van der Waals surface area contributed by atoms with Gasteiger partial charge in [-0.1, -0.05) is 31.4 Å². The molecule has 150 valence electrons. The molecular weight excluding hydrogens is 387 g/mol. The van der Waals surface area contributed by atoms with Crippen molar-refractivity contribution in [2.45, 2.75) is 61.5 Å². The average molecular weight is 409 g/mol. The van der Waals surface area contributed by atoms with Crippen molar-refractivity contribution in [3.05, 3.63) is 53.5 Å². The van der Waals surface area contributed by atoms with Gasteiger partial charge in [0.2, 0.25) is 5.91 Å². The Kier molecular flexibility index (Phi) is 6.93. The van der Waals surface area contributed by atoms with Gasteiger partial charge in [-0.2, -0.15) is 13.2 Å². The molecule has 1 saturated carbocycles. The Morgan fingerprint density at radius 3 is 2.64 bits per heavy atom. The van der Waals surface area contributed by atoms with Crippen LogP contribution in [0.4, 0.5) is 13.2 Å². The molecule has 28 heavy (non-hydrogen) atoms. The Bertz CT molecular complexity index is 793. The van der Waals surface area contributed by atoms with Crippen molar-refractivity contribution in [1.82, 2.24) is 15.3 Å². The summed E-state index contributed by atoms with van der Waals surface area (Å²) in [6.07, 6.45) is 4.25. The monoisotopic (exact) mass is 409 g/mol. The van der Waals surface area contributed by atoms with Crippen molar-refractivity contribution in [2.24, 2.45) is 0 Å². The van der Waals surface area contributed by atoms with Gasteiger partial charge in [-0.25, -0.2) is 4.98 Å². The summed E-state index contributed by atoms with van der Waals surface area (Å²) in [6.45, 7) is 0.152. The first-order chi connectivity index (χ1) is 13.4. The maximum atomic E-state index is 13.1. The van der Waals surface area contributed by atoms with Crippen LogP contribution in [-0.2, 0) is 23.9 Å². The van der Waals surface area contributed by atoms with Crippen LogP contribution >= 0.6 is 11.8 Å². The number of pyridine rings is 2. The number of hydrogen-bond acceptors (Lipinski definition) is 4. The first-order valence-electron chi connectivity index (χ1n) is 9.31. The molecule has 0 bridgehead atoms. The van der Waals surface area contributed by atoms with E-state index in [9.17, 15) is 18.0 Å². The van der Waals surface area contributed by atoms with E-state index in [1.165, 1.54) is 24.2 Å². The van der Waals surface area contributed by atoms with Gasteiger partial charge in [-0.15, -0.1) is 11.8 Å². The summed E-state index contributed by atoms with van der Waals surface area (Å²) in [7, 11) is 0. The van der Waals surface area contributed by atoms with Crippen molar-refractivity contribution in [3.8, 4) is 0 Å². The van der Waals surface area contributed by atoms with Crippen LogP contribution < -0.4 is 5.32 Å². The van der Waals surface area contributed by atoms with E-state index in [0.717, 1.165) is 37.3 Å². The van der Waals surface area contributed by atoms with Gasteiger partial charge in [0.1, 0.15) is 10.7 Å². The molecule has 8 heteroatoms. The molecule has 2 aromatic rings. The van der Waals surface area contributed by atoms with E-state index in [1.807, 2.05) is 0 Å². The first-order valence-corrected chi connectivity index (χ1v) is 10.2. The highest BCUT2D eigenvalue weighted by Gasteiger charge is 2.33. The van der Waals surface area contributed by atoms with Crippen LogP contribution in [0.5, 0.6) is 0 Å². The van der Waals surface area contributed by atoms with Crippen molar-refractivity contribution in [3.63, 3.8) is 0 Å². The van der Waals surface area contributed by atoms with Gasteiger partial charge in [0.25, 0.3) is 0 Å². The zero-order valence-electron chi connectivity index (χ0n) is 15.3. The van der Waals surface area contributed by atoms with Crippen LogP contribution in [-0.4, -0.2) is 21.1 Å². The smallest absolute Gasteiger partial charge is 0.352 e. The third kappa shape index (κ3) is 5.95. The highest BCUT2D eigenvalue weighted by atomic mass is 32.2. The molecule has 4 nitrogen and oxygen atoms in total. The first kappa shape index (κ1) is 20.6. The van der Waals surface area contributed by atoms with Gasteiger partial charge in [0, 0.05) is 29.8 Å². The maximum Gasteiger partial charge on any atom is 0.433 e. The number of nitrogens with zero attached hydrogens (tertiary/aromatic N) is 2. The Hall–Kier alpha value is -2.09. The Morgan fingerprint density at radius 1 is 1.18 bits per heavy atom. The third-order valence-corrected chi connectivity index (χ3v) is 6.00. The normalized spacial score (nSPS) is 15.4. The lowest BCUT2D eigenvalue weighted by atomic mass is 10.0. The van der Waals surface area contributed by atoms with Gasteiger partial charge in [0.15, 0.2) is 0 Å². The number of nitrogens with one attached hydrogen (secondary N) is 1. The molecule has 3 rings (SSSR count). The maximum absolute atomic E-state index is 13.1. The summed E-state index contributed by atoms with van der Waals surface area (Å²) in [6, 6.07) is 5.96. The number of carbonyl (C=O) groups is 1. The lowest BCUT2D eigenvalue weighted by Crippen LogP contribution is -2.25. The zero-order valence-corrected chi connectivity index (χ0v) is 16.2. The van der Waals surface area contributed by atoms with Crippen LogP contribution in [0.1, 0.15) is 48.9 Å². The van der Waals surface area contributed by atoms with E-state index in [4.69, 9.17) is 0 Å². The topological polar surface area (TPSA) is 54.9 Å². The van der Waals surface area contributed by atoms with Gasteiger partial charge in [0.05, 0.1) is 6.42 Å². The van der Waals surface area contributed by atoms with Crippen molar-refractivity contribution >= 4 is 17.7 Å². The lowest BCUT2D eigenvalue weighted by Gasteiger charge is -2.22. The van der Waals surface area contributed by atoms with Gasteiger partial charge >= 0.3 is 6.18 Å². The number of carbonyl (C=O) groups excluding carboxylic acids is 1. The molecule has 0 radical (unpaired) electrons. The number of alkyl halides is 3. The summed E-state index contributed by atoms with van der Waals surface area (Å²) >= 11 is 1.40. The van der Waals surface area contributed by atoms with Crippen molar-refractivity contribution in [2.75, 3.05) is 0 Å².